The number of nitrogens with two attached hydrogens (primary N) is 1. The molecule has 40 heavy (non-hydrogen) atoms. The topological polar surface area (TPSA) is 134 Å². The second kappa shape index (κ2) is 13.3. The first kappa shape index (κ1) is 31.8. The second-order valence-electron chi connectivity index (χ2n) is 11.5. The summed E-state index contributed by atoms with van der Waals surface area (Å²) in [5, 5.41) is 19.8. The van der Waals surface area contributed by atoms with Crippen molar-refractivity contribution in [3.8, 4) is 12.1 Å². The average molecular weight is 584 g/mol. The Morgan fingerprint density at radius 3 is 2.23 bits per heavy atom. The summed E-state index contributed by atoms with van der Waals surface area (Å²) in [7, 11) is -1.63. The lowest BCUT2D eigenvalue weighted by Gasteiger charge is -2.31. The van der Waals surface area contributed by atoms with Crippen LogP contribution in [0.3, 0.4) is 0 Å². The number of carbonyl (C=O) groups is 1. The van der Waals surface area contributed by atoms with E-state index in [4.69, 9.17) is 24.3 Å². The lowest BCUT2D eigenvalue weighted by atomic mass is 10.0. The Balaban J connectivity index is 1.95. The molecule has 2 atom stereocenters. The minimum absolute atomic E-state index is 0.205. The minimum Gasteiger partial charge on any atom is -0.368 e. The highest BCUT2D eigenvalue weighted by atomic mass is 32.2. The Bertz CT molecular complexity index is 1270. The van der Waals surface area contributed by atoms with Crippen molar-refractivity contribution in [2.24, 2.45) is 5.73 Å². The highest BCUT2D eigenvalue weighted by Crippen LogP contribution is 2.49. The number of aromatic nitrogens is 1. The van der Waals surface area contributed by atoms with Crippen molar-refractivity contribution in [2.75, 3.05) is 18.0 Å². The van der Waals surface area contributed by atoms with Crippen molar-refractivity contribution in [1.29, 1.82) is 10.5 Å². The maximum Gasteiger partial charge on any atom is 0.334 e. The van der Waals surface area contributed by atoms with E-state index in [1.54, 1.807) is 0 Å². The summed E-state index contributed by atoms with van der Waals surface area (Å²) in [6.45, 7) is 14.7. The number of amides is 1. The summed E-state index contributed by atoms with van der Waals surface area (Å²) in [5.74, 6) is -0.0624. The van der Waals surface area contributed by atoms with Crippen LogP contribution in [0.15, 0.2) is 35.4 Å². The maximum absolute atomic E-state index is 12.5. The van der Waals surface area contributed by atoms with Crippen molar-refractivity contribution in [2.45, 2.75) is 88.9 Å². The van der Waals surface area contributed by atoms with Gasteiger partial charge in [-0.05, 0) is 65.5 Å². The largest absolute Gasteiger partial charge is 0.368 e. The molecule has 2 heterocycles. The first-order valence-corrected chi connectivity index (χ1v) is 15.2. The SMILES string of the molecule is CCc1c(C#N)c(SC(C(N)=O)c2ccccc2)nc(N2CCC(OP(OC(C)(C)C)OC(C)(C)C)C2)c1C#N. The molecule has 0 spiro atoms. The van der Waals surface area contributed by atoms with Crippen LogP contribution < -0.4 is 10.6 Å². The molecule has 1 aromatic heterocycles. The van der Waals surface area contributed by atoms with Crippen LogP contribution in [0.5, 0.6) is 0 Å². The van der Waals surface area contributed by atoms with E-state index in [2.05, 4.69) is 12.1 Å². The van der Waals surface area contributed by atoms with Crippen LogP contribution >= 0.6 is 20.4 Å². The van der Waals surface area contributed by atoms with Gasteiger partial charge in [-0.3, -0.25) is 4.79 Å². The predicted octanol–water partition coefficient (Wildman–Crippen LogP) is 6.16. The summed E-state index contributed by atoms with van der Waals surface area (Å²) < 4.78 is 18.5. The molecule has 2 N–H and O–H groups in total. The molecule has 1 fully saturated rings. The number of benzene rings is 1. The van der Waals surface area contributed by atoms with Gasteiger partial charge < -0.3 is 24.2 Å². The van der Waals surface area contributed by atoms with Crippen molar-refractivity contribution < 1.29 is 18.4 Å². The van der Waals surface area contributed by atoms with E-state index in [1.165, 1.54) is 0 Å². The lowest BCUT2D eigenvalue weighted by Crippen LogP contribution is -2.27. The molecule has 1 aliphatic heterocycles. The van der Waals surface area contributed by atoms with Crippen LogP contribution in [0.1, 0.15) is 82.4 Å². The second-order valence-corrected chi connectivity index (χ2v) is 13.6. The van der Waals surface area contributed by atoms with Gasteiger partial charge in [-0.2, -0.15) is 10.5 Å². The average Bonchev–Trinajstić information content (AvgIpc) is 3.32. The van der Waals surface area contributed by atoms with Crippen molar-refractivity contribution in [3.63, 3.8) is 0 Å². The molecule has 0 radical (unpaired) electrons. The van der Waals surface area contributed by atoms with E-state index in [0.29, 0.717) is 53.5 Å². The third kappa shape index (κ3) is 8.39. The molecule has 2 unspecified atom stereocenters. The molecule has 214 valence electrons. The van der Waals surface area contributed by atoms with Gasteiger partial charge >= 0.3 is 8.60 Å². The number of hydrogen-bond donors (Lipinski definition) is 1. The summed E-state index contributed by atoms with van der Waals surface area (Å²) >= 11 is 1.13. The number of nitriles is 2. The van der Waals surface area contributed by atoms with E-state index in [0.717, 1.165) is 17.3 Å². The Hall–Kier alpha value is -2.72. The fourth-order valence-electron chi connectivity index (χ4n) is 4.16. The summed E-state index contributed by atoms with van der Waals surface area (Å²) in [6, 6.07) is 13.7. The van der Waals surface area contributed by atoms with Gasteiger partial charge in [0.05, 0.1) is 28.4 Å². The van der Waals surface area contributed by atoms with Crippen LogP contribution in [-0.2, 0) is 24.8 Å². The van der Waals surface area contributed by atoms with Crippen LogP contribution in [0.25, 0.3) is 0 Å². The summed E-state index contributed by atoms with van der Waals surface area (Å²) in [6.07, 6.45) is 0.938. The van der Waals surface area contributed by atoms with Gasteiger partial charge in [-0.1, -0.05) is 49.0 Å². The Kier molecular flexibility index (Phi) is 10.6. The van der Waals surface area contributed by atoms with E-state index < -0.39 is 31.0 Å². The molecule has 3 rings (SSSR count). The van der Waals surface area contributed by atoms with Gasteiger partial charge in [-0.15, -0.1) is 0 Å². The molecule has 1 aliphatic rings. The zero-order valence-corrected chi connectivity index (χ0v) is 25.9. The monoisotopic (exact) mass is 583 g/mol. The highest BCUT2D eigenvalue weighted by Gasteiger charge is 2.35. The van der Waals surface area contributed by atoms with E-state index in [-0.39, 0.29) is 6.10 Å². The van der Waals surface area contributed by atoms with Gasteiger partial charge in [0, 0.05) is 13.1 Å². The number of thioether (sulfide) groups is 1. The van der Waals surface area contributed by atoms with Gasteiger partial charge in [0.25, 0.3) is 0 Å². The fraction of sp³-hybridized carbons (Fsp3) is 0.517. The van der Waals surface area contributed by atoms with E-state index in [9.17, 15) is 15.3 Å². The van der Waals surface area contributed by atoms with E-state index in [1.807, 2.05) is 83.7 Å². The first-order valence-electron chi connectivity index (χ1n) is 13.2. The van der Waals surface area contributed by atoms with Crippen molar-refractivity contribution in [1.82, 2.24) is 4.98 Å². The molecule has 1 amide bonds. The molecule has 0 saturated carbocycles. The van der Waals surface area contributed by atoms with Gasteiger partial charge in [0.2, 0.25) is 5.91 Å². The lowest BCUT2D eigenvalue weighted by molar-refractivity contribution is -0.117. The molecule has 1 saturated heterocycles. The highest BCUT2D eigenvalue weighted by molar-refractivity contribution is 8.00. The molecule has 1 aromatic carbocycles. The number of primary amides is 1. The molecular weight excluding hydrogens is 545 g/mol. The van der Waals surface area contributed by atoms with Gasteiger partial charge in [0.1, 0.15) is 28.2 Å². The number of pyridine rings is 1. The maximum atomic E-state index is 12.5. The zero-order valence-electron chi connectivity index (χ0n) is 24.2. The molecule has 0 aliphatic carbocycles. The molecule has 11 heteroatoms. The first-order chi connectivity index (χ1) is 18.8. The third-order valence-electron chi connectivity index (χ3n) is 5.79. The Morgan fingerprint density at radius 1 is 1.12 bits per heavy atom. The third-order valence-corrected chi connectivity index (χ3v) is 8.92. The Morgan fingerprint density at radius 2 is 1.73 bits per heavy atom. The van der Waals surface area contributed by atoms with Crippen molar-refractivity contribution in [3.05, 3.63) is 52.6 Å². The van der Waals surface area contributed by atoms with Gasteiger partial charge in [-0.25, -0.2) is 4.98 Å². The van der Waals surface area contributed by atoms with E-state index >= 15 is 0 Å². The minimum atomic E-state index is -1.63. The van der Waals surface area contributed by atoms with Crippen molar-refractivity contribution >= 4 is 32.1 Å². The Labute approximate surface area is 243 Å². The number of nitrogens with zero attached hydrogens (tertiary/aromatic N) is 4. The van der Waals surface area contributed by atoms with Crippen LogP contribution in [0, 0.1) is 22.7 Å². The standard InChI is InChI=1S/C29H38N5O4PS/c1-8-21-22(16-30)26(33-27(23(21)17-31)40-24(25(32)35)19-12-10-9-11-13-19)34-15-14-20(18-34)36-39(37-28(2,3)4)38-29(5,6)7/h9-13,20,24H,8,14-15,18H2,1-7H3,(H2,32,35). The molecule has 2 aromatic rings. The molecule has 9 nitrogen and oxygen atoms in total. The molecular formula is C29H38N5O4PS. The number of anilines is 1. The fourth-order valence-corrected chi connectivity index (χ4v) is 6.66. The number of hydrogen-bond acceptors (Lipinski definition) is 9. The summed E-state index contributed by atoms with van der Waals surface area (Å²) in [5.41, 5.74) is 6.85. The number of carbonyl (C=O) groups excluding carboxylic acids is 1. The van der Waals surface area contributed by atoms with Crippen LogP contribution in [0.4, 0.5) is 5.82 Å². The predicted molar refractivity (Wildman–Crippen MR) is 158 cm³/mol. The van der Waals surface area contributed by atoms with Gasteiger partial charge in [0.15, 0.2) is 0 Å². The summed E-state index contributed by atoms with van der Waals surface area (Å²) in [4.78, 5) is 19.3. The zero-order chi connectivity index (χ0) is 29.7. The molecule has 0 bridgehead atoms. The normalized spacial score (nSPS) is 16.6. The van der Waals surface area contributed by atoms with Crippen LogP contribution in [0.2, 0.25) is 0 Å². The smallest absolute Gasteiger partial charge is 0.334 e. The quantitative estimate of drug-likeness (QED) is 0.258. The number of rotatable bonds is 10. The van der Waals surface area contributed by atoms with Crippen LogP contribution in [-0.4, -0.2) is 41.3 Å².